The van der Waals surface area contributed by atoms with Crippen LogP contribution >= 0.6 is 0 Å². The van der Waals surface area contributed by atoms with E-state index in [1.54, 1.807) is 0 Å². The number of hydrogen-bond donors (Lipinski definition) is 1. The van der Waals surface area contributed by atoms with Gasteiger partial charge in [0.15, 0.2) is 0 Å². The fourth-order valence-corrected chi connectivity index (χ4v) is 3.46. The molecule has 1 N–H and O–H groups in total. The summed E-state index contributed by atoms with van der Waals surface area (Å²) in [5.41, 5.74) is 0.406. The second kappa shape index (κ2) is 6.24. The molecule has 2 saturated carbocycles. The molecule has 2 aliphatic rings. The Morgan fingerprint density at radius 3 is 2.68 bits per heavy atom. The number of nitrogens with zero attached hydrogens (tertiary/aromatic N) is 1. The van der Waals surface area contributed by atoms with Gasteiger partial charge < -0.3 is 4.74 Å². The topological polar surface area (TPSA) is 45.0 Å². The molecule has 2 rings (SSSR count). The van der Waals surface area contributed by atoms with Crippen molar-refractivity contribution in [2.24, 2.45) is 11.3 Å². The van der Waals surface area contributed by atoms with Crippen LogP contribution in [0.25, 0.3) is 0 Å². The molecule has 0 bridgehead atoms. The van der Waals surface area contributed by atoms with E-state index in [0.29, 0.717) is 24.2 Å². The van der Waals surface area contributed by atoms with Gasteiger partial charge in [0.1, 0.15) is 0 Å². The number of rotatable bonds is 6. The molecule has 0 aromatic carbocycles. The van der Waals surface area contributed by atoms with E-state index in [9.17, 15) is 0 Å². The lowest BCUT2D eigenvalue weighted by molar-refractivity contribution is -0.0246. The molecule has 2 fully saturated rings. The van der Waals surface area contributed by atoms with Gasteiger partial charge in [-0.15, -0.1) is 0 Å². The van der Waals surface area contributed by atoms with Crippen LogP contribution in [0.2, 0.25) is 0 Å². The van der Waals surface area contributed by atoms with Gasteiger partial charge in [-0.2, -0.15) is 5.26 Å². The molecule has 0 aromatic heterocycles. The van der Waals surface area contributed by atoms with E-state index in [4.69, 9.17) is 10.00 Å². The first-order valence-electron chi connectivity index (χ1n) is 7.76. The molecule has 0 saturated heterocycles. The van der Waals surface area contributed by atoms with Crippen LogP contribution in [-0.4, -0.2) is 24.8 Å². The van der Waals surface area contributed by atoms with Crippen molar-refractivity contribution in [1.82, 2.24) is 5.32 Å². The summed E-state index contributed by atoms with van der Waals surface area (Å²) in [7, 11) is 0. The molecule has 2 aliphatic carbocycles. The Kier molecular flexibility index (Phi) is 4.86. The van der Waals surface area contributed by atoms with Crippen molar-refractivity contribution in [3.8, 4) is 6.07 Å². The Labute approximate surface area is 117 Å². The zero-order valence-corrected chi connectivity index (χ0v) is 12.6. The van der Waals surface area contributed by atoms with Crippen molar-refractivity contribution >= 4 is 0 Å². The highest BCUT2D eigenvalue weighted by atomic mass is 16.5. The van der Waals surface area contributed by atoms with Gasteiger partial charge in [-0.3, -0.25) is 5.32 Å². The number of hydrogen-bond acceptors (Lipinski definition) is 3. The fraction of sp³-hybridized carbons (Fsp3) is 0.938. The van der Waals surface area contributed by atoms with Crippen LogP contribution in [-0.2, 0) is 4.74 Å². The van der Waals surface area contributed by atoms with Crippen molar-refractivity contribution in [1.29, 1.82) is 5.26 Å². The van der Waals surface area contributed by atoms with Crippen LogP contribution in [0.3, 0.4) is 0 Å². The summed E-state index contributed by atoms with van der Waals surface area (Å²) in [5.74, 6) is 0.755. The average molecular weight is 264 g/mol. The molecule has 3 unspecified atom stereocenters. The third kappa shape index (κ3) is 5.12. The zero-order valence-electron chi connectivity index (χ0n) is 12.6. The lowest BCUT2D eigenvalue weighted by Crippen LogP contribution is -2.34. The van der Waals surface area contributed by atoms with Gasteiger partial charge in [-0.1, -0.05) is 20.8 Å². The second-order valence-electron chi connectivity index (χ2n) is 7.32. The van der Waals surface area contributed by atoms with Crippen LogP contribution in [0.15, 0.2) is 0 Å². The van der Waals surface area contributed by atoms with Gasteiger partial charge in [0.2, 0.25) is 0 Å². The Morgan fingerprint density at radius 1 is 1.37 bits per heavy atom. The van der Waals surface area contributed by atoms with E-state index >= 15 is 0 Å². The van der Waals surface area contributed by atoms with E-state index in [2.05, 4.69) is 32.2 Å². The largest absolute Gasteiger partial charge is 0.378 e. The van der Waals surface area contributed by atoms with Crippen LogP contribution in [0.1, 0.15) is 59.3 Å². The number of nitriles is 1. The van der Waals surface area contributed by atoms with Crippen molar-refractivity contribution < 1.29 is 4.74 Å². The highest BCUT2D eigenvalue weighted by molar-refractivity contribution is 4.95. The normalized spacial score (nSPS) is 31.7. The average Bonchev–Trinajstić information content (AvgIpc) is 3.08. The SMILES string of the molecule is CC1CC(OCCC(C#N)NC2CC2)CC(C)(C)C1. The summed E-state index contributed by atoms with van der Waals surface area (Å²) in [5, 5.41) is 12.5. The van der Waals surface area contributed by atoms with E-state index < -0.39 is 0 Å². The summed E-state index contributed by atoms with van der Waals surface area (Å²) in [4.78, 5) is 0. The standard InChI is InChI=1S/C16H28N2O/c1-12-8-15(10-16(2,3)9-12)19-7-6-14(11-17)18-13-4-5-13/h12-15,18H,4-10H2,1-3H3. The predicted molar refractivity (Wildman–Crippen MR) is 76.7 cm³/mol. The summed E-state index contributed by atoms with van der Waals surface area (Å²) in [6.45, 7) is 7.72. The van der Waals surface area contributed by atoms with Crippen molar-refractivity contribution in [3.05, 3.63) is 0 Å². The van der Waals surface area contributed by atoms with Gasteiger partial charge in [-0.05, 0) is 49.9 Å². The fourth-order valence-electron chi connectivity index (χ4n) is 3.46. The van der Waals surface area contributed by atoms with Gasteiger partial charge in [0.25, 0.3) is 0 Å². The molecule has 3 atom stereocenters. The maximum absolute atomic E-state index is 9.10. The van der Waals surface area contributed by atoms with E-state index in [-0.39, 0.29) is 6.04 Å². The molecule has 0 aromatic rings. The Balaban J connectivity index is 1.68. The smallest absolute Gasteiger partial charge is 0.0977 e. The van der Waals surface area contributed by atoms with Crippen LogP contribution < -0.4 is 5.32 Å². The summed E-state index contributed by atoms with van der Waals surface area (Å²) in [6.07, 6.45) is 7.30. The van der Waals surface area contributed by atoms with Gasteiger partial charge in [-0.25, -0.2) is 0 Å². The molecule has 3 nitrogen and oxygen atoms in total. The van der Waals surface area contributed by atoms with E-state index in [0.717, 1.165) is 18.8 Å². The second-order valence-corrected chi connectivity index (χ2v) is 7.32. The molecule has 0 amide bonds. The summed E-state index contributed by atoms with van der Waals surface area (Å²) < 4.78 is 6.03. The maximum Gasteiger partial charge on any atom is 0.0977 e. The minimum absolute atomic E-state index is 0.0264. The van der Waals surface area contributed by atoms with Gasteiger partial charge in [0.05, 0.1) is 18.2 Å². The van der Waals surface area contributed by atoms with Gasteiger partial charge >= 0.3 is 0 Å². The first-order valence-corrected chi connectivity index (χ1v) is 7.76. The lowest BCUT2D eigenvalue weighted by atomic mass is 9.71. The third-order valence-electron chi connectivity index (χ3n) is 4.28. The quantitative estimate of drug-likeness (QED) is 0.801. The number of nitrogens with one attached hydrogen (secondary N) is 1. The molecule has 3 heteroatoms. The van der Waals surface area contributed by atoms with Crippen LogP contribution in [0.5, 0.6) is 0 Å². The molecule has 19 heavy (non-hydrogen) atoms. The predicted octanol–water partition coefficient (Wildman–Crippen LogP) is 3.25. The lowest BCUT2D eigenvalue weighted by Gasteiger charge is -2.38. The zero-order chi connectivity index (χ0) is 13.9. The minimum Gasteiger partial charge on any atom is -0.378 e. The van der Waals surface area contributed by atoms with Crippen LogP contribution in [0.4, 0.5) is 0 Å². The molecule has 0 heterocycles. The first-order chi connectivity index (χ1) is 8.98. The first kappa shape index (κ1) is 14.8. The van der Waals surface area contributed by atoms with E-state index in [1.165, 1.54) is 25.7 Å². The number of ether oxygens (including phenoxy) is 1. The van der Waals surface area contributed by atoms with Crippen molar-refractivity contribution in [2.45, 2.75) is 77.5 Å². The Hall–Kier alpha value is -0.590. The molecular formula is C16H28N2O. The Morgan fingerprint density at radius 2 is 2.11 bits per heavy atom. The molecule has 0 spiro atoms. The third-order valence-corrected chi connectivity index (χ3v) is 4.28. The molecule has 108 valence electrons. The maximum atomic E-state index is 9.10. The van der Waals surface area contributed by atoms with Crippen molar-refractivity contribution in [3.63, 3.8) is 0 Å². The van der Waals surface area contributed by atoms with Crippen molar-refractivity contribution in [2.75, 3.05) is 6.61 Å². The van der Waals surface area contributed by atoms with Crippen LogP contribution in [0, 0.1) is 22.7 Å². The molecular weight excluding hydrogens is 236 g/mol. The summed E-state index contributed by atoms with van der Waals surface area (Å²) in [6, 6.07) is 2.91. The highest BCUT2D eigenvalue weighted by Crippen LogP contribution is 2.39. The summed E-state index contributed by atoms with van der Waals surface area (Å²) >= 11 is 0. The Bertz CT molecular complexity index is 330. The van der Waals surface area contributed by atoms with Gasteiger partial charge in [0, 0.05) is 12.6 Å². The minimum atomic E-state index is -0.0264. The molecule has 0 radical (unpaired) electrons. The monoisotopic (exact) mass is 264 g/mol. The molecule has 0 aliphatic heterocycles. The van der Waals surface area contributed by atoms with E-state index in [1.807, 2.05) is 0 Å². The highest BCUT2D eigenvalue weighted by Gasteiger charge is 2.32.